The monoisotopic (exact) mass is 218 g/mol. The summed E-state index contributed by atoms with van der Waals surface area (Å²) in [5, 5.41) is 2.79. The summed E-state index contributed by atoms with van der Waals surface area (Å²) in [5.74, 6) is 1.20. The fourth-order valence-electron chi connectivity index (χ4n) is 3.31. The lowest BCUT2D eigenvalue weighted by atomic mass is 9.87. The van der Waals surface area contributed by atoms with Crippen LogP contribution < -0.4 is 10.4 Å². The third-order valence-corrected chi connectivity index (χ3v) is 4.08. The van der Waals surface area contributed by atoms with Crippen LogP contribution in [0.4, 0.5) is 0 Å². The molecule has 0 aromatic heterocycles. The summed E-state index contributed by atoms with van der Waals surface area (Å²) in [6.45, 7) is 0. The van der Waals surface area contributed by atoms with E-state index in [9.17, 15) is 0 Å². The molecule has 17 heavy (non-hydrogen) atoms. The standard InChI is InChI=1S/C16H10O/c1-2-5-10-9(4-1)8-13-14-11(10)6-3-7-12(14)15-16(13)17-15/h1-7,16H,8H2. The van der Waals surface area contributed by atoms with Crippen LogP contribution in [-0.2, 0) is 11.2 Å². The van der Waals surface area contributed by atoms with Crippen molar-refractivity contribution in [2.24, 2.45) is 0 Å². The van der Waals surface area contributed by atoms with Crippen LogP contribution in [0.3, 0.4) is 0 Å². The van der Waals surface area contributed by atoms with E-state index in [-0.39, 0.29) is 0 Å². The van der Waals surface area contributed by atoms with Crippen molar-refractivity contribution in [1.29, 1.82) is 0 Å². The van der Waals surface area contributed by atoms with E-state index in [0.717, 1.165) is 6.42 Å². The Morgan fingerprint density at radius 1 is 0.941 bits per heavy atom. The van der Waals surface area contributed by atoms with Gasteiger partial charge in [0.15, 0.2) is 11.9 Å². The van der Waals surface area contributed by atoms with Crippen LogP contribution >= 0.6 is 0 Å². The Hall–Kier alpha value is -2.02. The summed E-state index contributed by atoms with van der Waals surface area (Å²) in [6.07, 6.45) is 1.36. The van der Waals surface area contributed by atoms with Crippen molar-refractivity contribution >= 4 is 11.3 Å². The molecule has 1 nitrogen and oxygen atoms in total. The van der Waals surface area contributed by atoms with Gasteiger partial charge >= 0.3 is 0 Å². The van der Waals surface area contributed by atoms with Gasteiger partial charge in [-0.2, -0.15) is 0 Å². The minimum atomic E-state index is 0.305. The summed E-state index contributed by atoms with van der Waals surface area (Å²) >= 11 is 0. The first kappa shape index (κ1) is 8.13. The summed E-state index contributed by atoms with van der Waals surface area (Å²) in [6, 6.07) is 15.3. The average molecular weight is 218 g/mol. The first-order valence-electron chi connectivity index (χ1n) is 6.05. The Balaban J connectivity index is 2.03. The Bertz CT molecular complexity index is 799. The molecule has 5 rings (SSSR count). The molecule has 1 saturated heterocycles. The highest BCUT2D eigenvalue weighted by Crippen LogP contribution is 2.41. The van der Waals surface area contributed by atoms with Crippen molar-refractivity contribution in [3.63, 3.8) is 0 Å². The molecule has 3 aliphatic rings. The predicted octanol–water partition coefficient (Wildman–Crippen LogP) is 1.58. The summed E-state index contributed by atoms with van der Waals surface area (Å²) in [7, 11) is 0. The van der Waals surface area contributed by atoms with Crippen molar-refractivity contribution in [3.05, 3.63) is 58.5 Å². The van der Waals surface area contributed by atoms with Gasteiger partial charge in [0.05, 0.1) is 0 Å². The van der Waals surface area contributed by atoms with Gasteiger partial charge < -0.3 is 4.74 Å². The molecule has 0 radical (unpaired) electrons. The maximum Gasteiger partial charge on any atom is 0.178 e. The topological polar surface area (TPSA) is 12.5 Å². The molecule has 0 bridgehead atoms. The number of hydrogen-bond donors (Lipinski definition) is 0. The number of fused-ring (bicyclic) bond motifs is 4. The van der Waals surface area contributed by atoms with Gasteiger partial charge in [-0.25, -0.2) is 0 Å². The first-order valence-corrected chi connectivity index (χ1v) is 6.05. The number of rotatable bonds is 0. The Kier molecular flexibility index (Phi) is 1.17. The van der Waals surface area contributed by atoms with Crippen LogP contribution in [-0.4, -0.2) is 6.10 Å². The van der Waals surface area contributed by atoms with Gasteiger partial charge in [0.1, 0.15) is 0 Å². The zero-order chi connectivity index (χ0) is 11.0. The Morgan fingerprint density at radius 2 is 1.82 bits per heavy atom. The molecule has 2 aromatic rings. The van der Waals surface area contributed by atoms with Crippen LogP contribution in [0.1, 0.15) is 5.56 Å². The molecule has 1 heteroatoms. The van der Waals surface area contributed by atoms with Gasteiger partial charge in [0.25, 0.3) is 0 Å². The van der Waals surface area contributed by atoms with Gasteiger partial charge in [-0.05, 0) is 33.9 Å². The summed E-state index contributed by atoms with van der Waals surface area (Å²) in [5.41, 5.74) is 5.70. The SMILES string of the molecule is c1ccc2c(c1)CC1=c3c-2cccc3=C2OC21. The van der Waals surface area contributed by atoms with Crippen LogP contribution in [0.15, 0.2) is 42.5 Å². The van der Waals surface area contributed by atoms with Crippen LogP contribution in [0.5, 0.6) is 0 Å². The van der Waals surface area contributed by atoms with Gasteiger partial charge in [0, 0.05) is 5.22 Å². The smallest absolute Gasteiger partial charge is 0.178 e. The average Bonchev–Trinajstić information content (AvgIpc) is 3.12. The highest BCUT2D eigenvalue weighted by atomic mass is 16.6. The fourth-order valence-corrected chi connectivity index (χ4v) is 3.31. The second kappa shape index (κ2) is 2.45. The van der Waals surface area contributed by atoms with Crippen LogP contribution in [0.25, 0.3) is 22.5 Å². The third-order valence-electron chi connectivity index (χ3n) is 4.08. The predicted molar refractivity (Wildman–Crippen MR) is 66.5 cm³/mol. The summed E-state index contributed by atoms with van der Waals surface area (Å²) < 4.78 is 5.67. The van der Waals surface area contributed by atoms with E-state index in [1.54, 1.807) is 0 Å². The number of ether oxygens (including phenoxy) is 1. The summed E-state index contributed by atoms with van der Waals surface area (Å²) in [4.78, 5) is 0. The minimum Gasteiger partial charge on any atom is -0.477 e. The maximum atomic E-state index is 5.67. The Labute approximate surface area is 98.7 Å². The van der Waals surface area contributed by atoms with E-state index in [1.165, 1.54) is 38.5 Å². The molecule has 1 unspecified atom stereocenters. The first-order chi connectivity index (χ1) is 8.43. The van der Waals surface area contributed by atoms with Gasteiger partial charge in [0.2, 0.25) is 0 Å². The third kappa shape index (κ3) is 0.836. The van der Waals surface area contributed by atoms with E-state index >= 15 is 0 Å². The van der Waals surface area contributed by atoms with Crippen molar-refractivity contribution < 1.29 is 4.74 Å². The molecule has 2 aliphatic carbocycles. The number of hydrogen-bond acceptors (Lipinski definition) is 1. The number of epoxide rings is 1. The van der Waals surface area contributed by atoms with E-state index in [4.69, 9.17) is 4.74 Å². The molecule has 1 aliphatic heterocycles. The normalized spacial score (nSPS) is 21.5. The molecule has 0 saturated carbocycles. The van der Waals surface area contributed by atoms with Crippen molar-refractivity contribution in [1.82, 2.24) is 0 Å². The van der Waals surface area contributed by atoms with Gasteiger partial charge in [-0.15, -0.1) is 0 Å². The molecule has 2 aromatic carbocycles. The Morgan fingerprint density at radius 3 is 2.82 bits per heavy atom. The zero-order valence-corrected chi connectivity index (χ0v) is 9.23. The van der Waals surface area contributed by atoms with Crippen LogP contribution in [0.2, 0.25) is 0 Å². The molecule has 0 spiro atoms. The molecular formula is C16H10O. The van der Waals surface area contributed by atoms with Crippen molar-refractivity contribution in [2.45, 2.75) is 12.5 Å². The lowest BCUT2D eigenvalue weighted by Gasteiger charge is -2.17. The van der Waals surface area contributed by atoms with Gasteiger partial charge in [-0.3, -0.25) is 0 Å². The zero-order valence-electron chi connectivity index (χ0n) is 9.23. The largest absolute Gasteiger partial charge is 0.477 e. The molecule has 1 heterocycles. The lowest BCUT2D eigenvalue weighted by molar-refractivity contribution is 0.483. The van der Waals surface area contributed by atoms with E-state index < -0.39 is 0 Å². The second-order valence-electron chi connectivity index (χ2n) is 4.95. The molecule has 0 amide bonds. The lowest BCUT2D eigenvalue weighted by Crippen LogP contribution is -2.30. The highest BCUT2D eigenvalue weighted by molar-refractivity contribution is 5.88. The second-order valence-corrected chi connectivity index (χ2v) is 4.95. The van der Waals surface area contributed by atoms with Crippen LogP contribution in [0, 0.1) is 0 Å². The molecule has 0 N–H and O–H groups in total. The molecule has 1 fully saturated rings. The van der Waals surface area contributed by atoms with Crippen molar-refractivity contribution in [3.8, 4) is 11.1 Å². The minimum absolute atomic E-state index is 0.305. The number of benzene rings is 2. The van der Waals surface area contributed by atoms with E-state index in [2.05, 4.69) is 42.5 Å². The quantitative estimate of drug-likeness (QED) is 0.612. The molecule has 1 atom stereocenters. The van der Waals surface area contributed by atoms with Crippen molar-refractivity contribution in [2.75, 3.05) is 0 Å². The molecule has 80 valence electrons. The fraction of sp³-hybridized carbons (Fsp3) is 0.125. The maximum absolute atomic E-state index is 5.67. The van der Waals surface area contributed by atoms with Gasteiger partial charge in [-0.1, -0.05) is 42.5 Å². The van der Waals surface area contributed by atoms with E-state index in [0.29, 0.717) is 6.10 Å². The van der Waals surface area contributed by atoms with E-state index in [1.807, 2.05) is 0 Å². The molecular weight excluding hydrogens is 208 g/mol. The highest BCUT2D eigenvalue weighted by Gasteiger charge is 2.43.